The van der Waals surface area contributed by atoms with Gasteiger partial charge in [-0.3, -0.25) is 0 Å². The smallest absolute Gasteiger partial charge is 0.404 e. The third-order valence-corrected chi connectivity index (χ3v) is 1.73. The molecular weight excluding hydrogens is 134 g/mol. The maximum Gasteiger partial charge on any atom is 0.404 e. The molecule has 0 heterocycles. The number of nitrogens with two attached hydrogens (primary N) is 1. The van der Waals surface area contributed by atoms with E-state index in [4.69, 9.17) is 10.8 Å². The summed E-state index contributed by atoms with van der Waals surface area (Å²) in [4.78, 5) is 10.1. The lowest BCUT2D eigenvalue weighted by Crippen LogP contribution is -2.36. The third kappa shape index (κ3) is 1.60. The van der Waals surface area contributed by atoms with Gasteiger partial charge in [-0.2, -0.15) is 0 Å². The fourth-order valence-corrected chi connectivity index (χ4v) is 1.08. The predicted molar refractivity (Wildman–Crippen MR) is 34.3 cm³/mol. The van der Waals surface area contributed by atoms with Gasteiger partial charge in [0.2, 0.25) is 0 Å². The highest BCUT2D eigenvalue weighted by molar-refractivity contribution is 5.64. The Hall–Kier alpha value is -0.770. The summed E-state index contributed by atoms with van der Waals surface area (Å²) >= 11 is 0. The number of rotatable bonds is 2. The fraction of sp³-hybridized carbons (Fsp3) is 0.833. The monoisotopic (exact) mass is 145 g/mol. The maximum absolute atomic E-state index is 10.1. The van der Waals surface area contributed by atoms with Crippen molar-refractivity contribution in [2.45, 2.75) is 18.9 Å². The summed E-state index contributed by atoms with van der Waals surface area (Å²) in [6, 6.07) is 0. The van der Waals surface area contributed by atoms with Crippen molar-refractivity contribution in [1.82, 2.24) is 0 Å². The van der Waals surface area contributed by atoms with Crippen molar-refractivity contribution in [1.29, 1.82) is 0 Å². The first kappa shape index (κ1) is 7.34. The fourth-order valence-electron chi connectivity index (χ4n) is 1.08. The number of carbonyl (C=O) groups excluding carboxylic acids is 1. The molecule has 3 N–H and O–H groups in total. The van der Waals surface area contributed by atoms with Gasteiger partial charge in [0.15, 0.2) is 0 Å². The first-order chi connectivity index (χ1) is 4.72. The highest BCUT2D eigenvalue weighted by Crippen LogP contribution is 2.29. The maximum atomic E-state index is 10.1. The molecular formula is C6H11NO3. The SMILES string of the molecule is NC(=O)O[C@H]1C[C@H](CO)C1. The molecule has 0 saturated heterocycles. The molecule has 10 heavy (non-hydrogen) atoms. The predicted octanol–water partition coefficient (Wildman–Crippen LogP) is -0.147. The summed E-state index contributed by atoms with van der Waals surface area (Å²) < 4.78 is 4.65. The van der Waals surface area contributed by atoms with Gasteiger partial charge in [-0.05, 0) is 18.8 Å². The molecule has 58 valence electrons. The van der Waals surface area contributed by atoms with E-state index in [1.54, 1.807) is 0 Å². The Bertz CT molecular complexity index is 131. The van der Waals surface area contributed by atoms with Crippen LogP contribution >= 0.6 is 0 Å². The molecule has 4 nitrogen and oxygen atoms in total. The van der Waals surface area contributed by atoms with Crippen LogP contribution in [0.3, 0.4) is 0 Å². The lowest BCUT2D eigenvalue weighted by molar-refractivity contribution is 0.00145. The lowest BCUT2D eigenvalue weighted by Gasteiger charge is -2.32. The summed E-state index contributed by atoms with van der Waals surface area (Å²) in [5.41, 5.74) is 4.77. The number of amides is 1. The molecule has 0 spiro atoms. The molecule has 0 radical (unpaired) electrons. The number of carbonyl (C=O) groups is 1. The molecule has 1 saturated carbocycles. The molecule has 1 fully saturated rings. The standard InChI is InChI=1S/C6H11NO3/c7-6(9)10-5-1-4(2-5)3-8/h4-5,8H,1-3H2,(H2,7,9)/t4-,5-. The van der Waals surface area contributed by atoms with Crippen LogP contribution in [0.15, 0.2) is 0 Å². The Morgan fingerprint density at radius 2 is 2.30 bits per heavy atom. The molecule has 1 amide bonds. The molecule has 1 aliphatic rings. The first-order valence-electron chi connectivity index (χ1n) is 3.29. The average molecular weight is 145 g/mol. The van der Waals surface area contributed by atoms with Crippen LogP contribution in [0.2, 0.25) is 0 Å². The zero-order valence-electron chi connectivity index (χ0n) is 5.62. The van der Waals surface area contributed by atoms with Gasteiger partial charge in [-0.25, -0.2) is 4.79 Å². The van der Waals surface area contributed by atoms with Crippen molar-refractivity contribution in [3.05, 3.63) is 0 Å². The Kier molecular flexibility index (Phi) is 2.11. The van der Waals surface area contributed by atoms with E-state index in [1.165, 1.54) is 0 Å². The molecule has 0 atom stereocenters. The second-order valence-electron chi connectivity index (χ2n) is 2.58. The first-order valence-corrected chi connectivity index (χ1v) is 3.29. The number of hydrogen-bond donors (Lipinski definition) is 2. The van der Waals surface area contributed by atoms with E-state index in [0.717, 1.165) is 12.8 Å². The van der Waals surface area contributed by atoms with E-state index in [2.05, 4.69) is 4.74 Å². The third-order valence-electron chi connectivity index (χ3n) is 1.73. The van der Waals surface area contributed by atoms with Crippen molar-refractivity contribution < 1.29 is 14.6 Å². The minimum absolute atomic E-state index is 0.0466. The van der Waals surface area contributed by atoms with Crippen LogP contribution in [0.4, 0.5) is 4.79 Å². The van der Waals surface area contributed by atoms with Crippen molar-refractivity contribution in [2.24, 2.45) is 11.7 Å². The highest BCUT2D eigenvalue weighted by atomic mass is 16.6. The average Bonchev–Trinajstić information content (AvgIpc) is 1.76. The van der Waals surface area contributed by atoms with Gasteiger partial charge in [0, 0.05) is 6.61 Å². The van der Waals surface area contributed by atoms with Crippen LogP contribution in [0.1, 0.15) is 12.8 Å². The van der Waals surface area contributed by atoms with E-state index in [1.807, 2.05) is 0 Å². The topological polar surface area (TPSA) is 72.6 Å². The van der Waals surface area contributed by atoms with Crippen LogP contribution in [0.25, 0.3) is 0 Å². The Labute approximate surface area is 59.0 Å². The van der Waals surface area contributed by atoms with Gasteiger partial charge < -0.3 is 15.6 Å². The zero-order valence-corrected chi connectivity index (χ0v) is 5.62. The lowest BCUT2D eigenvalue weighted by atomic mass is 9.83. The zero-order chi connectivity index (χ0) is 7.56. The minimum atomic E-state index is -0.721. The van der Waals surface area contributed by atoms with E-state index < -0.39 is 6.09 Å². The molecule has 1 rings (SSSR count). The van der Waals surface area contributed by atoms with Crippen LogP contribution in [0, 0.1) is 5.92 Å². The summed E-state index contributed by atoms with van der Waals surface area (Å²) in [6.07, 6.45) is 0.731. The second kappa shape index (κ2) is 2.88. The highest BCUT2D eigenvalue weighted by Gasteiger charge is 2.30. The number of ether oxygens (including phenoxy) is 1. The van der Waals surface area contributed by atoms with E-state index in [9.17, 15) is 4.79 Å². The second-order valence-corrected chi connectivity index (χ2v) is 2.58. The molecule has 0 aromatic carbocycles. The normalized spacial score (nSPS) is 30.9. The number of aliphatic hydroxyl groups excluding tert-OH is 1. The minimum Gasteiger partial charge on any atom is -0.446 e. The Morgan fingerprint density at radius 3 is 2.70 bits per heavy atom. The molecule has 1 aliphatic carbocycles. The number of primary amides is 1. The number of aliphatic hydroxyl groups is 1. The van der Waals surface area contributed by atoms with Crippen LogP contribution in [0.5, 0.6) is 0 Å². The van der Waals surface area contributed by atoms with Gasteiger partial charge in [0.05, 0.1) is 0 Å². The summed E-state index contributed by atoms with van der Waals surface area (Å²) in [7, 11) is 0. The summed E-state index contributed by atoms with van der Waals surface area (Å²) in [5.74, 6) is 0.310. The molecule has 0 aromatic rings. The van der Waals surface area contributed by atoms with E-state index in [-0.39, 0.29) is 12.7 Å². The molecule has 0 bridgehead atoms. The van der Waals surface area contributed by atoms with E-state index in [0.29, 0.717) is 5.92 Å². The van der Waals surface area contributed by atoms with Crippen LogP contribution in [-0.4, -0.2) is 23.9 Å². The summed E-state index contributed by atoms with van der Waals surface area (Å²) in [5, 5.41) is 8.57. The van der Waals surface area contributed by atoms with Crippen LogP contribution in [-0.2, 0) is 4.74 Å². The van der Waals surface area contributed by atoms with E-state index >= 15 is 0 Å². The van der Waals surface area contributed by atoms with Gasteiger partial charge in [-0.15, -0.1) is 0 Å². The van der Waals surface area contributed by atoms with Gasteiger partial charge >= 0.3 is 6.09 Å². The molecule has 0 unspecified atom stereocenters. The van der Waals surface area contributed by atoms with Gasteiger partial charge in [-0.1, -0.05) is 0 Å². The van der Waals surface area contributed by atoms with Crippen LogP contribution < -0.4 is 5.73 Å². The molecule has 0 aliphatic heterocycles. The van der Waals surface area contributed by atoms with Crippen molar-refractivity contribution >= 4 is 6.09 Å². The summed E-state index contributed by atoms with van der Waals surface area (Å²) in [6.45, 7) is 0.179. The molecule has 0 aromatic heterocycles. The Balaban J connectivity index is 2.08. The van der Waals surface area contributed by atoms with Gasteiger partial charge in [0.1, 0.15) is 6.10 Å². The van der Waals surface area contributed by atoms with Crippen molar-refractivity contribution in [3.8, 4) is 0 Å². The largest absolute Gasteiger partial charge is 0.446 e. The van der Waals surface area contributed by atoms with Gasteiger partial charge in [0.25, 0.3) is 0 Å². The van der Waals surface area contributed by atoms with Crippen molar-refractivity contribution in [3.63, 3.8) is 0 Å². The van der Waals surface area contributed by atoms with Crippen molar-refractivity contribution in [2.75, 3.05) is 6.61 Å². The quantitative estimate of drug-likeness (QED) is 0.567. The molecule has 4 heteroatoms. The Morgan fingerprint density at radius 1 is 1.70 bits per heavy atom. The number of hydrogen-bond acceptors (Lipinski definition) is 3.